The molecule has 5 heteroatoms. The highest BCUT2D eigenvalue weighted by molar-refractivity contribution is 6.35. The minimum absolute atomic E-state index is 0.168. The number of nitrogens with two attached hydrogens (primary N) is 1. The molecule has 1 aromatic heterocycles. The van der Waals surface area contributed by atoms with E-state index < -0.39 is 11.9 Å². The van der Waals surface area contributed by atoms with Gasteiger partial charge in [0.05, 0.1) is 16.1 Å². The lowest BCUT2D eigenvalue weighted by Crippen LogP contribution is -2.26. The summed E-state index contributed by atoms with van der Waals surface area (Å²) in [6.45, 7) is 1.75. The fraction of sp³-hybridized carbons (Fsp3) is 0.118. The van der Waals surface area contributed by atoms with Gasteiger partial charge in [-0.05, 0) is 36.6 Å². The molecule has 0 saturated heterocycles. The SMILES string of the molecule is C[C@H](N)c1cc2cccc(Cl)c2c(=O)n1-c1ccccc1F. The second kappa shape index (κ2) is 5.55. The molecule has 0 aliphatic carbocycles. The monoisotopic (exact) mass is 316 g/mol. The number of halogens is 2. The van der Waals surface area contributed by atoms with E-state index >= 15 is 0 Å². The topological polar surface area (TPSA) is 48.0 Å². The molecule has 0 saturated carbocycles. The summed E-state index contributed by atoms with van der Waals surface area (Å²) in [6.07, 6.45) is 0. The van der Waals surface area contributed by atoms with Crippen LogP contribution < -0.4 is 11.3 Å². The van der Waals surface area contributed by atoms with E-state index in [1.807, 2.05) is 0 Å². The normalized spacial score (nSPS) is 12.5. The first-order valence-corrected chi connectivity index (χ1v) is 7.23. The van der Waals surface area contributed by atoms with E-state index in [1.165, 1.54) is 10.6 Å². The van der Waals surface area contributed by atoms with Gasteiger partial charge in [0.2, 0.25) is 0 Å². The number of nitrogens with zero attached hydrogens (tertiary/aromatic N) is 1. The highest BCUT2D eigenvalue weighted by Gasteiger charge is 2.17. The Morgan fingerprint density at radius 2 is 1.91 bits per heavy atom. The summed E-state index contributed by atoms with van der Waals surface area (Å²) in [5, 5.41) is 1.39. The Kier molecular flexibility index (Phi) is 3.72. The number of hydrogen-bond donors (Lipinski definition) is 1. The molecule has 3 nitrogen and oxygen atoms in total. The van der Waals surface area contributed by atoms with E-state index in [2.05, 4.69) is 0 Å². The van der Waals surface area contributed by atoms with Crippen LogP contribution in [0.3, 0.4) is 0 Å². The number of hydrogen-bond acceptors (Lipinski definition) is 2. The predicted molar refractivity (Wildman–Crippen MR) is 87.1 cm³/mol. The number of benzene rings is 2. The van der Waals surface area contributed by atoms with Gasteiger partial charge in [-0.25, -0.2) is 4.39 Å². The van der Waals surface area contributed by atoms with Crippen LogP contribution in [-0.2, 0) is 0 Å². The molecule has 1 heterocycles. The smallest absolute Gasteiger partial charge is 0.264 e. The van der Waals surface area contributed by atoms with Crippen LogP contribution in [0.4, 0.5) is 4.39 Å². The molecule has 2 N–H and O–H groups in total. The third-order valence-electron chi connectivity index (χ3n) is 3.58. The van der Waals surface area contributed by atoms with Crippen LogP contribution in [0.15, 0.2) is 53.3 Å². The first-order valence-electron chi connectivity index (χ1n) is 6.85. The molecule has 22 heavy (non-hydrogen) atoms. The van der Waals surface area contributed by atoms with Gasteiger partial charge in [-0.2, -0.15) is 0 Å². The lowest BCUT2D eigenvalue weighted by atomic mass is 10.1. The van der Waals surface area contributed by atoms with Gasteiger partial charge >= 0.3 is 0 Å². The average Bonchev–Trinajstić information content (AvgIpc) is 2.48. The van der Waals surface area contributed by atoms with Crippen LogP contribution in [0.2, 0.25) is 5.02 Å². The molecule has 0 aliphatic rings. The summed E-state index contributed by atoms with van der Waals surface area (Å²) in [6, 6.07) is 12.6. The molecule has 0 amide bonds. The maximum atomic E-state index is 14.2. The molecule has 0 bridgehead atoms. The van der Waals surface area contributed by atoms with Crippen LogP contribution in [0.1, 0.15) is 18.7 Å². The van der Waals surface area contributed by atoms with Crippen molar-refractivity contribution in [3.05, 3.63) is 75.4 Å². The first-order chi connectivity index (χ1) is 10.5. The molecule has 112 valence electrons. The van der Waals surface area contributed by atoms with E-state index in [9.17, 15) is 9.18 Å². The van der Waals surface area contributed by atoms with Gasteiger partial charge in [0.25, 0.3) is 5.56 Å². The van der Waals surface area contributed by atoms with Crippen molar-refractivity contribution in [3.8, 4) is 5.69 Å². The maximum Gasteiger partial charge on any atom is 0.264 e. The first kappa shape index (κ1) is 14.8. The van der Waals surface area contributed by atoms with Crippen LogP contribution in [0.5, 0.6) is 0 Å². The summed E-state index contributed by atoms with van der Waals surface area (Å²) in [5.41, 5.74) is 6.31. The molecule has 0 aliphatic heterocycles. The van der Waals surface area contributed by atoms with Gasteiger partial charge in [0, 0.05) is 11.7 Å². The van der Waals surface area contributed by atoms with Crippen LogP contribution in [-0.4, -0.2) is 4.57 Å². The van der Waals surface area contributed by atoms with Gasteiger partial charge in [-0.3, -0.25) is 9.36 Å². The zero-order chi connectivity index (χ0) is 15.9. The molecule has 0 radical (unpaired) electrons. The van der Waals surface area contributed by atoms with E-state index in [1.54, 1.807) is 49.4 Å². The Morgan fingerprint density at radius 1 is 1.18 bits per heavy atom. The van der Waals surface area contributed by atoms with Gasteiger partial charge < -0.3 is 5.73 Å². The van der Waals surface area contributed by atoms with Gasteiger partial charge in [-0.15, -0.1) is 0 Å². The quantitative estimate of drug-likeness (QED) is 0.781. The van der Waals surface area contributed by atoms with Gasteiger partial charge in [0.15, 0.2) is 0 Å². The highest BCUT2D eigenvalue weighted by atomic mass is 35.5. The minimum Gasteiger partial charge on any atom is -0.323 e. The average molecular weight is 317 g/mol. The molecule has 0 fully saturated rings. The van der Waals surface area contributed by atoms with E-state index in [0.29, 0.717) is 21.5 Å². The fourth-order valence-electron chi connectivity index (χ4n) is 2.56. The van der Waals surface area contributed by atoms with Crippen molar-refractivity contribution in [2.75, 3.05) is 0 Å². The minimum atomic E-state index is -0.488. The third kappa shape index (κ3) is 2.30. The Morgan fingerprint density at radius 3 is 2.59 bits per heavy atom. The van der Waals surface area contributed by atoms with Crippen molar-refractivity contribution >= 4 is 22.4 Å². The zero-order valence-electron chi connectivity index (χ0n) is 11.9. The lowest BCUT2D eigenvalue weighted by molar-refractivity contribution is 0.609. The molecular formula is C17H14ClFN2O. The molecular weight excluding hydrogens is 303 g/mol. The Labute approximate surface area is 131 Å². The molecule has 1 atom stereocenters. The van der Waals surface area contributed by atoms with Crippen molar-refractivity contribution in [1.82, 2.24) is 4.57 Å². The number of fused-ring (bicyclic) bond motifs is 1. The summed E-state index contributed by atoms with van der Waals surface area (Å²) < 4.78 is 15.5. The molecule has 3 rings (SSSR count). The molecule has 0 unspecified atom stereocenters. The summed E-state index contributed by atoms with van der Waals surface area (Å²) >= 11 is 6.16. The third-order valence-corrected chi connectivity index (χ3v) is 3.90. The van der Waals surface area contributed by atoms with Crippen LogP contribution >= 0.6 is 11.6 Å². The van der Waals surface area contributed by atoms with Crippen molar-refractivity contribution < 1.29 is 4.39 Å². The van der Waals surface area contributed by atoms with Crippen LogP contribution in [0.25, 0.3) is 16.5 Å². The number of pyridine rings is 1. The fourth-order valence-corrected chi connectivity index (χ4v) is 2.82. The largest absolute Gasteiger partial charge is 0.323 e. The maximum absolute atomic E-state index is 14.2. The Balaban J connectivity index is 2.50. The van der Waals surface area contributed by atoms with Crippen molar-refractivity contribution in [2.45, 2.75) is 13.0 Å². The zero-order valence-corrected chi connectivity index (χ0v) is 12.6. The standard InChI is InChI=1S/C17H14ClFN2O/c1-10(20)15-9-11-5-4-6-12(18)16(11)17(22)21(15)14-8-3-2-7-13(14)19/h2-10H,20H2,1H3/t10-/m0/s1. The van der Waals surface area contributed by atoms with Gasteiger partial charge in [-0.1, -0.05) is 35.9 Å². The lowest BCUT2D eigenvalue weighted by Gasteiger charge is -2.18. The summed E-state index contributed by atoms with van der Waals surface area (Å²) in [7, 11) is 0. The number of aromatic nitrogens is 1. The van der Waals surface area contributed by atoms with Crippen molar-refractivity contribution in [3.63, 3.8) is 0 Å². The summed E-state index contributed by atoms with van der Waals surface area (Å²) in [4.78, 5) is 12.9. The highest BCUT2D eigenvalue weighted by Crippen LogP contribution is 2.25. The predicted octanol–water partition coefficient (Wildman–Crippen LogP) is 3.80. The van der Waals surface area contributed by atoms with E-state index in [4.69, 9.17) is 17.3 Å². The van der Waals surface area contributed by atoms with Crippen molar-refractivity contribution in [1.29, 1.82) is 0 Å². The second-order valence-corrected chi connectivity index (χ2v) is 5.56. The summed E-state index contributed by atoms with van der Waals surface area (Å²) in [5.74, 6) is -0.488. The second-order valence-electron chi connectivity index (χ2n) is 5.15. The van der Waals surface area contributed by atoms with Gasteiger partial charge in [0.1, 0.15) is 5.82 Å². The number of para-hydroxylation sites is 1. The molecule has 2 aromatic carbocycles. The Hall–Kier alpha value is -2.17. The van der Waals surface area contributed by atoms with Crippen molar-refractivity contribution in [2.24, 2.45) is 5.73 Å². The van der Waals surface area contributed by atoms with Crippen LogP contribution in [0, 0.1) is 5.82 Å². The number of rotatable bonds is 2. The van der Waals surface area contributed by atoms with E-state index in [-0.39, 0.29) is 11.2 Å². The van der Waals surface area contributed by atoms with E-state index in [0.717, 1.165) is 0 Å². The molecule has 0 spiro atoms. The molecule has 3 aromatic rings. The Bertz CT molecular complexity index is 918.